The van der Waals surface area contributed by atoms with Crippen LogP contribution < -0.4 is 0 Å². The number of aryl methyl sites for hydroxylation is 2. The fourth-order valence-electron chi connectivity index (χ4n) is 4.00. The van der Waals surface area contributed by atoms with Crippen molar-refractivity contribution in [2.75, 3.05) is 32.7 Å². The second-order valence-electron chi connectivity index (χ2n) is 8.66. The highest BCUT2D eigenvalue weighted by molar-refractivity contribution is 7.89. The molecule has 4 rings (SSSR count). The maximum absolute atomic E-state index is 13.6. The Hall–Kier alpha value is -3.43. The molecule has 3 aromatic rings. The number of amides is 2. The van der Waals surface area contributed by atoms with Crippen LogP contribution in [0.5, 0.6) is 0 Å². The predicted molar refractivity (Wildman–Crippen MR) is 131 cm³/mol. The Morgan fingerprint density at radius 1 is 0.886 bits per heavy atom. The Kier molecular flexibility index (Phi) is 7.37. The first-order chi connectivity index (χ1) is 16.8. The molecule has 1 aromatic heterocycles. The average Bonchev–Trinajstić information content (AvgIpc) is 3.40. The molecule has 184 valence electrons. The van der Waals surface area contributed by atoms with Crippen LogP contribution in [-0.4, -0.2) is 67.1 Å². The maximum atomic E-state index is 13.6. The predicted octanol–water partition coefficient (Wildman–Crippen LogP) is 3.07. The molecule has 1 aliphatic heterocycles. The van der Waals surface area contributed by atoms with E-state index in [2.05, 4.69) is 0 Å². The molecule has 2 amide bonds. The Morgan fingerprint density at radius 2 is 1.57 bits per heavy atom. The molecule has 0 spiro atoms. The molecule has 2 aromatic carbocycles. The van der Waals surface area contributed by atoms with Crippen LogP contribution in [0.1, 0.15) is 27.2 Å². The molecule has 0 saturated carbocycles. The zero-order chi connectivity index (χ0) is 25.0. The van der Waals surface area contributed by atoms with Crippen molar-refractivity contribution in [3.05, 3.63) is 89.4 Å². The van der Waals surface area contributed by atoms with Gasteiger partial charge in [0.05, 0.1) is 17.7 Å². The van der Waals surface area contributed by atoms with Crippen LogP contribution in [0.2, 0.25) is 0 Å². The van der Waals surface area contributed by atoms with Gasteiger partial charge in [-0.05, 0) is 54.8 Å². The quantitative estimate of drug-likeness (QED) is 0.502. The molecular weight excluding hydrogens is 466 g/mol. The number of sulfonamides is 1. The third-order valence-electron chi connectivity index (χ3n) is 6.28. The van der Waals surface area contributed by atoms with Crippen LogP contribution in [-0.2, 0) is 21.4 Å². The molecule has 0 radical (unpaired) electrons. The highest BCUT2D eigenvalue weighted by Gasteiger charge is 2.31. The fraction of sp³-hybridized carbons (Fsp3) is 0.308. The van der Waals surface area contributed by atoms with Gasteiger partial charge in [0.15, 0.2) is 5.76 Å². The molecule has 2 heterocycles. The zero-order valence-corrected chi connectivity index (χ0v) is 20.7. The summed E-state index contributed by atoms with van der Waals surface area (Å²) in [4.78, 5) is 29.1. The van der Waals surface area contributed by atoms with E-state index >= 15 is 0 Å². The summed E-state index contributed by atoms with van der Waals surface area (Å²) < 4.78 is 33.6. The summed E-state index contributed by atoms with van der Waals surface area (Å²) in [6, 6.07) is 17.5. The number of carbonyl (C=O) groups excluding carboxylic acids is 2. The minimum absolute atomic E-state index is 0.0821. The minimum atomic E-state index is -3.92. The fourth-order valence-corrected chi connectivity index (χ4v) is 5.47. The summed E-state index contributed by atoms with van der Waals surface area (Å²) in [5.41, 5.74) is 2.66. The molecule has 0 unspecified atom stereocenters. The van der Waals surface area contributed by atoms with Crippen LogP contribution >= 0.6 is 0 Å². The van der Waals surface area contributed by atoms with Crippen molar-refractivity contribution in [1.82, 2.24) is 14.1 Å². The van der Waals surface area contributed by atoms with Crippen molar-refractivity contribution in [3.63, 3.8) is 0 Å². The minimum Gasteiger partial charge on any atom is -0.459 e. The zero-order valence-electron chi connectivity index (χ0n) is 19.9. The first-order valence-corrected chi connectivity index (χ1v) is 12.9. The smallest absolute Gasteiger partial charge is 0.289 e. The van der Waals surface area contributed by atoms with Gasteiger partial charge in [-0.1, -0.05) is 36.4 Å². The van der Waals surface area contributed by atoms with Gasteiger partial charge in [0.25, 0.3) is 5.91 Å². The molecule has 0 aliphatic carbocycles. The Bertz CT molecular complexity index is 1280. The Morgan fingerprint density at radius 3 is 2.20 bits per heavy atom. The lowest BCUT2D eigenvalue weighted by Crippen LogP contribution is -2.53. The van der Waals surface area contributed by atoms with E-state index in [0.29, 0.717) is 26.2 Å². The summed E-state index contributed by atoms with van der Waals surface area (Å²) in [5, 5.41) is 0. The molecule has 1 saturated heterocycles. The van der Waals surface area contributed by atoms with Gasteiger partial charge in [-0.2, -0.15) is 4.31 Å². The molecule has 9 heteroatoms. The van der Waals surface area contributed by atoms with Crippen molar-refractivity contribution >= 4 is 21.8 Å². The third kappa shape index (κ3) is 5.63. The number of benzene rings is 2. The van der Waals surface area contributed by atoms with Crippen molar-refractivity contribution in [3.8, 4) is 0 Å². The molecular formula is C26H29N3O5S. The average molecular weight is 496 g/mol. The van der Waals surface area contributed by atoms with Gasteiger partial charge in [0.1, 0.15) is 0 Å². The number of piperazine rings is 1. The van der Waals surface area contributed by atoms with E-state index in [0.717, 1.165) is 16.7 Å². The molecule has 1 fully saturated rings. The standard InChI is InChI=1S/C26H29N3O5S/c1-20-10-11-23(17-21(20)2)35(32,33)29(18-22-7-4-3-5-8-22)19-25(30)27-12-14-28(15-13-27)26(31)24-9-6-16-34-24/h3-11,16-17H,12-15,18-19H2,1-2H3. The lowest BCUT2D eigenvalue weighted by atomic mass is 10.1. The highest BCUT2D eigenvalue weighted by atomic mass is 32.2. The van der Waals surface area contributed by atoms with Crippen molar-refractivity contribution in [1.29, 1.82) is 0 Å². The van der Waals surface area contributed by atoms with Crippen LogP contribution in [0, 0.1) is 13.8 Å². The monoisotopic (exact) mass is 495 g/mol. The summed E-state index contributed by atoms with van der Waals surface area (Å²) >= 11 is 0. The second kappa shape index (κ2) is 10.5. The SMILES string of the molecule is Cc1ccc(S(=O)(=O)N(CC(=O)N2CCN(C(=O)c3ccco3)CC2)Cc2ccccc2)cc1C. The number of hydrogen-bond acceptors (Lipinski definition) is 5. The summed E-state index contributed by atoms with van der Waals surface area (Å²) in [7, 11) is -3.92. The van der Waals surface area contributed by atoms with Gasteiger partial charge in [-0.3, -0.25) is 9.59 Å². The summed E-state index contributed by atoms with van der Waals surface area (Å²) in [5.74, 6) is -0.248. The summed E-state index contributed by atoms with van der Waals surface area (Å²) in [6.07, 6.45) is 1.45. The molecule has 8 nitrogen and oxygen atoms in total. The van der Waals surface area contributed by atoms with E-state index in [9.17, 15) is 18.0 Å². The van der Waals surface area contributed by atoms with Crippen LogP contribution in [0.3, 0.4) is 0 Å². The van der Waals surface area contributed by atoms with Crippen LogP contribution in [0.15, 0.2) is 76.2 Å². The second-order valence-corrected chi connectivity index (χ2v) is 10.6. The normalized spacial score (nSPS) is 14.4. The van der Waals surface area contributed by atoms with E-state index in [-0.39, 0.29) is 35.6 Å². The van der Waals surface area contributed by atoms with Gasteiger partial charge in [0, 0.05) is 32.7 Å². The highest BCUT2D eigenvalue weighted by Crippen LogP contribution is 2.22. The van der Waals surface area contributed by atoms with E-state index in [1.807, 2.05) is 44.2 Å². The molecule has 0 atom stereocenters. The molecule has 1 aliphatic rings. The largest absolute Gasteiger partial charge is 0.459 e. The van der Waals surface area contributed by atoms with Gasteiger partial charge in [-0.25, -0.2) is 8.42 Å². The lowest BCUT2D eigenvalue weighted by Gasteiger charge is -2.35. The number of furan rings is 1. The maximum Gasteiger partial charge on any atom is 0.289 e. The summed E-state index contributed by atoms with van der Waals surface area (Å²) in [6.45, 7) is 4.96. The number of hydrogen-bond donors (Lipinski definition) is 0. The van der Waals surface area contributed by atoms with E-state index in [1.165, 1.54) is 10.6 Å². The third-order valence-corrected chi connectivity index (χ3v) is 8.07. The van der Waals surface area contributed by atoms with Gasteiger partial charge < -0.3 is 14.2 Å². The van der Waals surface area contributed by atoms with Crippen molar-refractivity contribution < 1.29 is 22.4 Å². The van der Waals surface area contributed by atoms with Gasteiger partial charge in [0.2, 0.25) is 15.9 Å². The van der Waals surface area contributed by atoms with E-state index in [4.69, 9.17) is 4.42 Å². The van der Waals surface area contributed by atoms with E-state index < -0.39 is 10.0 Å². The molecule has 35 heavy (non-hydrogen) atoms. The topological polar surface area (TPSA) is 91.1 Å². The van der Waals surface area contributed by atoms with Gasteiger partial charge in [-0.15, -0.1) is 0 Å². The number of rotatable bonds is 7. The lowest BCUT2D eigenvalue weighted by molar-refractivity contribution is -0.132. The van der Waals surface area contributed by atoms with E-state index in [1.54, 1.807) is 40.1 Å². The Balaban J connectivity index is 1.49. The number of carbonyl (C=O) groups is 2. The first-order valence-electron chi connectivity index (χ1n) is 11.5. The van der Waals surface area contributed by atoms with Crippen LogP contribution in [0.4, 0.5) is 0 Å². The van der Waals surface area contributed by atoms with Crippen molar-refractivity contribution in [2.45, 2.75) is 25.3 Å². The molecule has 0 N–H and O–H groups in total. The van der Waals surface area contributed by atoms with Gasteiger partial charge >= 0.3 is 0 Å². The molecule has 0 bridgehead atoms. The Labute approximate surface area is 205 Å². The van der Waals surface area contributed by atoms with Crippen LogP contribution in [0.25, 0.3) is 0 Å². The van der Waals surface area contributed by atoms with Crippen molar-refractivity contribution in [2.24, 2.45) is 0 Å². The first kappa shape index (κ1) is 24.7. The number of nitrogens with zero attached hydrogens (tertiary/aromatic N) is 3.